The molecule has 0 saturated heterocycles. The maximum absolute atomic E-state index is 13.0. The standard InChI is InChI=1S/C16H26F3N5O/c1-4-20-15(23(2)7-8-25-11-12-5-6-12)21-9-13-10-24(3)22-14(13)16(17,18)19/h10,12H,4-9,11H2,1-3H3,(H,20,21). The van der Waals surface area contributed by atoms with Crippen molar-refractivity contribution in [2.45, 2.75) is 32.5 Å². The molecule has 0 atom stereocenters. The summed E-state index contributed by atoms with van der Waals surface area (Å²) in [5, 5.41) is 6.59. The fourth-order valence-electron chi connectivity index (χ4n) is 2.36. The summed E-state index contributed by atoms with van der Waals surface area (Å²) < 4.78 is 45.8. The van der Waals surface area contributed by atoms with Gasteiger partial charge in [-0.1, -0.05) is 0 Å². The number of nitrogens with one attached hydrogen (secondary N) is 1. The first-order valence-electron chi connectivity index (χ1n) is 8.48. The van der Waals surface area contributed by atoms with E-state index in [1.807, 2.05) is 18.9 Å². The van der Waals surface area contributed by atoms with Crippen LogP contribution in [0.15, 0.2) is 11.2 Å². The fourth-order valence-corrected chi connectivity index (χ4v) is 2.36. The summed E-state index contributed by atoms with van der Waals surface area (Å²) in [7, 11) is 3.31. The number of likely N-dealkylation sites (N-methyl/N-ethyl adjacent to an activating group) is 1. The number of alkyl halides is 3. The maximum atomic E-state index is 13.0. The van der Waals surface area contributed by atoms with Crippen LogP contribution in [-0.4, -0.2) is 54.0 Å². The van der Waals surface area contributed by atoms with Gasteiger partial charge in [0, 0.05) is 45.6 Å². The number of ether oxygens (including phenoxy) is 1. The number of guanidine groups is 1. The summed E-state index contributed by atoms with van der Waals surface area (Å²) in [6.45, 7) is 4.43. The smallest absolute Gasteiger partial charge is 0.379 e. The number of halogens is 3. The van der Waals surface area contributed by atoms with E-state index in [9.17, 15) is 13.2 Å². The van der Waals surface area contributed by atoms with Crippen LogP contribution in [0.2, 0.25) is 0 Å². The van der Waals surface area contributed by atoms with Crippen LogP contribution in [0.25, 0.3) is 0 Å². The van der Waals surface area contributed by atoms with E-state index in [1.54, 1.807) is 0 Å². The van der Waals surface area contributed by atoms with E-state index >= 15 is 0 Å². The molecule has 2 rings (SSSR count). The van der Waals surface area contributed by atoms with Crippen molar-refractivity contribution in [3.8, 4) is 0 Å². The van der Waals surface area contributed by atoms with E-state index in [0.717, 1.165) is 11.3 Å². The van der Waals surface area contributed by atoms with Gasteiger partial charge in [-0.05, 0) is 25.7 Å². The first-order valence-corrected chi connectivity index (χ1v) is 8.48. The van der Waals surface area contributed by atoms with Gasteiger partial charge in [0.15, 0.2) is 11.7 Å². The van der Waals surface area contributed by atoms with Gasteiger partial charge in [-0.15, -0.1) is 0 Å². The number of nitrogens with zero attached hydrogens (tertiary/aromatic N) is 4. The maximum Gasteiger partial charge on any atom is 0.435 e. The zero-order chi connectivity index (χ0) is 18.4. The Hall–Kier alpha value is -1.77. The second-order valence-corrected chi connectivity index (χ2v) is 6.28. The van der Waals surface area contributed by atoms with Crippen molar-refractivity contribution in [1.82, 2.24) is 20.0 Å². The van der Waals surface area contributed by atoms with E-state index in [4.69, 9.17) is 4.74 Å². The third-order valence-electron chi connectivity index (χ3n) is 3.89. The molecule has 0 amide bonds. The highest BCUT2D eigenvalue weighted by molar-refractivity contribution is 5.79. The Morgan fingerprint density at radius 3 is 2.80 bits per heavy atom. The third kappa shape index (κ3) is 6.22. The van der Waals surface area contributed by atoms with Crippen molar-refractivity contribution in [2.24, 2.45) is 18.0 Å². The molecule has 9 heteroatoms. The molecule has 0 radical (unpaired) electrons. The lowest BCUT2D eigenvalue weighted by molar-refractivity contribution is -0.142. The van der Waals surface area contributed by atoms with Gasteiger partial charge in [0.2, 0.25) is 0 Å². The molecule has 6 nitrogen and oxygen atoms in total. The van der Waals surface area contributed by atoms with E-state index in [2.05, 4.69) is 15.4 Å². The van der Waals surface area contributed by atoms with Crippen LogP contribution in [-0.2, 0) is 24.5 Å². The molecule has 0 bridgehead atoms. The highest BCUT2D eigenvalue weighted by Crippen LogP contribution is 2.31. The average Bonchev–Trinajstić information content (AvgIpc) is 3.27. The molecule has 1 saturated carbocycles. The molecule has 0 unspecified atom stereocenters. The highest BCUT2D eigenvalue weighted by atomic mass is 19.4. The van der Waals surface area contributed by atoms with Crippen LogP contribution < -0.4 is 5.32 Å². The van der Waals surface area contributed by atoms with Gasteiger partial charge in [0.05, 0.1) is 13.2 Å². The Morgan fingerprint density at radius 1 is 1.48 bits per heavy atom. The molecule has 1 heterocycles. The van der Waals surface area contributed by atoms with Gasteiger partial charge in [-0.2, -0.15) is 18.3 Å². The Morgan fingerprint density at radius 2 is 2.20 bits per heavy atom. The molecular weight excluding hydrogens is 335 g/mol. The van der Waals surface area contributed by atoms with Crippen molar-refractivity contribution >= 4 is 5.96 Å². The lowest BCUT2D eigenvalue weighted by Crippen LogP contribution is -2.40. The molecule has 1 aromatic rings. The second-order valence-electron chi connectivity index (χ2n) is 6.28. The Bertz CT molecular complexity index is 581. The number of aryl methyl sites for hydroxylation is 1. The van der Waals surface area contributed by atoms with Gasteiger partial charge in [-0.25, -0.2) is 4.99 Å². The quantitative estimate of drug-likeness (QED) is 0.438. The molecule has 25 heavy (non-hydrogen) atoms. The van der Waals surface area contributed by atoms with E-state index < -0.39 is 11.9 Å². The number of aromatic nitrogens is 2. The minimum Gasteiger partial charge on any atom is -0.379 e. The monoisotopic (exact) mass is 361 g/mol. The summed E-state index contributed by atoms with van der Waals surface area (Å²) in [4.78, 5) is 6.18. The lowest BCUT2D eigenvalue weighted by Gasteiger charge is -2.22. The highest BCUT2D eigenvalue weighted by Gasteiger charge is 2.36. The molecular formula is C16H26F3N5O. The molecule has 1 aliphatic carbocycles. The van der Waals surface area contributed by atoms with Gasteiger partial charge >= 0.3 is 6.18 Å². The minimum absolute atomic E-state index is 0.0591. The van der Waals surface area contributed by atoms with Crippen LogP contribution >= 0.6 is 0 Å². The van der Waals surface area contributed by atoms with Gasteiger partial charge < -0.3 is 15.0 Å². The van der Waals surface area contributed by atoms with Crippen molar-refractivity contribution in [3.63, 3.8) is 0 Å². The van der Waals surface area contributed by atoms with Crippen LogP contribution in [0.3, 0.4) is 0 Å². The predicted molar refractivity (Wildman–Crippen MR) is 89.2 cm³/mol. The molecule has 1 aliphatic rings. The van der Waals surface area contributed by atoms with Crippen molar-refractivity contribution in [2.75, 3.05) is 33.4 Å². The normalized spacial score (nSPS) is 15.5. The molecule has 1 N–H and O–H groups in total. The summed E-state index contributed by atoms with van der Waals surface area (Å²) in [5.41, 5.74) is -0.825. The van der Waals surface area contributed by atoms with E-state index in [-0.39, 0.29) is 12.1 Å². The molecule has 0 spiro atoms. The number of hydrogen-bond acceptors (Lipinski definition) is 3. The third-order valence-corrected chi connectivity index (χ3v) is 3.89. The van der Waals surface area contributed by atoms with Crippen LogP contribution in [0, 0.1) is 5.92 Å². The van der Waals surface area contributed by atoms with Crippen molar-refractivity contribution < 1.29 is 17.9 Å². The topological polar surface area (TPSA) is 54.7 Å². The van der Waals surface area contributed by atoms with E-state index in [1.165, 1.54) is 26.1 Å². The predicted octanol–water partition coefficient (Wildman–Crippen LogP) is 2.26. The fraction of sp³-hybridized carbons (Fsp3) is 0.750. The number of rotatable bonds is 8. The molecule has 0 aromatic carbocycles. The lowest BCUT2D eigenvalue weighted by atomic mass is 10.2. The van der Waals surface area contributed by atoms with Gasteiger partial charge in [0.25, 0.3) is 0 Å². The second kappa shape index (κ2) is 8.55. The van der Waals surface area contributed by atoms with Crippen molar-refractivity contribution in [1.29, 1.82) is 0 Å². The summed E-state index contributed by atoms with van der Waals surface area (Å²) in [6, 6.07) is 0. The zero-order valence-corrected chi connectivity index (χ0v) is 14.9. The molecule has 0 aliphatic heterocycles. The number of hydrogen-bond donors (Lipinski definition) is 1. The van der Waals surface area contributed by atoms with Crippen LogP contribution in [0.1, 0.15) is 31.0 Å². The zero-order valence-electron chi connectivity index (χ0n) is 14.9. The van der Waals surface area contributed by atoms with Gasteiger partial charge in [0.1, 0.15) is 0 Å². The Kier molecular flexibility index (Phi) is 6.69. The molecule has 142 valence electrons. The van der Waals surface area contributed by atoms with Crippen molar-refractivity contribution in [3.05, 3.63) is 17.5 Å². The summed E-state index contributed by atoms with van der Waals surface area (Å²) in [5.74, 6) is 1.26. The number of aliphatic imine (C=N–C) groups is 1. The Labute approximate surface area is 146 Å². The summed E-state index contributed by atoms with van der Waals surface area (Å²) >= 11 is 0. The minimum atomic E-state index is -4.48. The first-order chi connectivity index (χ1) is 11.8. The SMILES string of the molecule is CCNC(=NCc1cn(C)nc1C(F)(F)F)N(C)CCOCC1CC1. The average molecular weight is 361 g/mol. The van der Waals surface area contributed by atoms with Crippen LogP contribution in [0.5, 0.6) is 0 Å². The Balaban J connectivity index is 1.96. The van der Waals surface area contributed by atoms with Gasteiger partial charge in [-0.3, -0.25) is 4.68 Å². The largest absolute Gasteiger partial charge is 0.435 e. The summed E-state index contributed by atoms with van der Waals surface area (Å²) in [6.07, 6.45) is -0.638. The van der Waals surface area contributed by atoms with Crippen LogP contribution in [0.4, 0.5) is 13.2 Å². The van der Waals surface area contributed by atoms with E-state index in [0.29, 0.717) is 31.6 Å². The first kappa shape index (κ1) is 19.6. The molecule has 1 fully saturated rings. The molecule has 1 aromatic heterocycles.